The molecule has 7 rings (SSSR count). The molecule has 4 aliphatic carbocycles. The molecule has 10 N–H and O–H groups in total. The van der Waals surface area contributed by atoms with Crippen molar-refractivity contribution >= 4 is 41.3 Å². The third kappa shape index (κ3) is 5.16. The molecular formula is C33H50N4O12S. The van der Waals surface area contributed by atoms with Crippen LogP contribution in [0.4, 0.5) is 0 Å². The van der Waals surface area contributed by atoms with Gasteiger partial charge in [0, 0.05) is 35.2 Å². The van der Waals surface area contributed by atoms with E-state index in [4.69, 9.17) is 35.9 Å². The van der Waals surface area contributed by atoms with Gasteiger partial charge in [-0.3, -0.25) is 24.0 Å². The number of carboxylic acids is 2. The van der Waals surface area contributed by atoms with E-state index >= 15 is 4.79 Å². The Bertz CT molecular complexity index is 1460. The van der Waals surface area contributed by atoms with Crippen molar-refractivity contribution in [1.29, 1.82) is 0 Å². The van der Waals surface area contributed by atoms with Crippen LogP contribution in [0.3, 0.4) is 0 Å². The number of aliphatic hydroxyl groups is 2. The molecule has 2 unspecified atom stereocenters. The first-order chi connectivity index (χ1) is 23.2. The number of Topliss-reactive ketones (excluding diaryl/α,β-unsaturated/α-hetero) is 1. The first-order valence-corrected chi connectivity index (χ1v) is 18.4. The number of carbonyl (C=O) groups excluding carboxylic acids is 3. The van der Waals surface area contributed by atoms with Crippen LogP contribution in [0.2, 0.25) is 0 Å². The number of hydrogen-bond donors (Lipinski definition) is 8. The number of nitrogens with two attached hydrogens (primary N) is 2. The topological polar surface area (TPSA) is 270 Å². The van der Waals surface area contributed by atoms with Crippen molar-refractivity contribution < 1.29 is 58.6 Å². The predicted octanol–water partition coefficient (Wildman–Crippen LogP) is -1.07. The zero-order valence-electron chi connectivity index (χ0n) is 28.8. The summed E-state index contributed by atoms with van der Waals surface area (Å²) in [5.74, 6) is -9.02. The van der Waals surface area contributed by atoms with E-state index in [0.29, 0.717) is 25.7 Å². The molecule has 12 atom stereocenters. The second-order valence-electron chi connectivity index (χ2n) is 16.3. The summed E-state index contributed by atoms with van der Waals surface area (Å²) < 4.78 is 19.8. The van der Waals surface area contributed by atoms with E-state index in [9.17, 15) is 29.4 Å². The van der Waals surface area contributed by atoms with Crippen molar-refractivity contribution in [2.45, 2.75) is 114 Å². The van der Waals surface area contributed by atoms with Crippen molar-refractivity contribution in [2.75, 3.05) is 24.7 Å². The number of ketones is 1. The molecule has 3 aliphatic heterocycles. The number of ether oxygens (including phenoxy) is 3. The molecule has 2 amide bonds. The third-order valence-corrected chi connectivity index (χ3v) is 13.9. The van der Waals surface area contributed by atoms with E-state index in [-0.39, 0.29) is 31.0 Å². The molecule has 0 aromatic heterocycles. The summed E-state index contributed by atoms with van der Waals surface area (Å²) >= 11 is 1.12. The molecular weight excluding hydrogens is 676 g/mol. The lowest BCUT2D eigenvalue weighted by atomic mass is 9.35. The quantitative estimate of drug-likeness (QED) is 0.119. The van der Waals surface area contributed by atoms with Crippen molar-refractivity contribution in [3.8, 4) is 0 Å². The van der Waals surface area contributed by atoms with Crippen LogP contribution < -0.4 is 22.1 Å². The van der Waals surface area contributed by atoms with E-state index in [1.165, 1.54) is 0 Å². The molecule has 50 heavy (non-hydrogen) atoms. The summed E-state index contributed by atoms with van der Waals surface area (Å²) in [6.07, 6.45) is -1.22. The number of rotatable bonds is 12. The van der Waals surface area contributed by atoms with E-state index in [0.717, 1.165) is 11.8 Å². The Morgan fingerprint density at radius 2 is 1.78 bits per heavy atom. The van der Waals surface area contributed by atoms with Gasteiger partial charge in [0.2, 0.25) is 17.6 Å². The fourth-order valence-corrected chi connectivity index (χ4v) is 12.1. The molecule has 280 valence electrons. The summed E-state index contributed by atoms with van der Waals surface area (Å²) in [5, 5.41) is 47.1. The number of thioether (sulfide) groups is 1. The maximum atomic E-state index is 15.3. The Morgan fingerprint density at radius 3 is 2.44 bits per heavy atom. The van der Waals surface area contributed by atoms with E-state index < -0.39 is 118 Å². The van der Waals surface area contributed by atoms with Crippen molar-refractivity contribution in [3.05, 3.63) is 0 Å². The van der Waals surface area contributed by atoms with Gasteiger partial charge in [-0.15, -0.1) is 0 Å². The number of carbonyl (C=O) groups is 5. The molecule has 7 fully saturated rings. The monoisotopic (exact) mass is 726 g/mol. The Labute approximate surface area is 294 Å². The van der Waals surface area contributed by atoms with E-state index in [2.05, 4.69) is 24.5 Å². The highest BCUT2D eigenvalue weighted by molar-refractivity contribution is 7.99. The van der Waals surface area contributed by atoms with Gasteiger partial charge in [0.25, 0.3) is 0 Å². The summed E-state index contributed by atoms with van der Waals surface area (Å²) in [6.45, 7) is 7.01. The van der Waals surface area contributed by atoms with Gasteiger partial charge >= 0.3 is 11.9 Å². The van der Waals surface area contributed by atoms with Gasteiger partial charge in [-0.1, -0.05) is 13.8 Å². The van der Waals surface area contributed by atoms with Crippen LogP contribution in [0.25, 0.3) is 0 Å². The van der Waals surface area contributed by atoms with Gasteiger partial charge in [-0.2, -0.15) is 11.8 Å². The average molecular weight is 727 g/mol. The van der Waals surface area contributed by atoms with Crippen molar-refractivity contribution in [1.82, 2.24) is 10.6 Å². The molecule has 3 spiro atoms. The first-order valence-electron chi connectivity index (χ1n) is 17.3. The van der Waals surface area contributed by atoms with Gasteiger partial charge in [0.1, 0.15) is 30.1 Å². The van der Waals surface area contributed by atoms with Gasteiger partial charge in [0.05, 0.1) is 24.4 Å². The van der Waals surface area contributed by atoms with Gasteiger partial charge in [-0.05, 0) is 57.3 Å². The lowest BCUT2D eigenvalue weighted by molar-refractivity contribution is -0.534. The third-order valence-electron chi connectivity index (χ3n) is 12.7. The number of fused-ring (bicyclic) bond motifs is 1. The standard InChI is InChI=1S/C33H50N4O12S/c1-28(2)10-9-19(38)30-13-47-33(23(42)22(28)30)32-18(30)7-5-15(24(32)48-29(3,4)49-33)31(35,27(32)46)14-50-12-17(25(43)36-11-21(40)41)37-20(39)8-6-16(34)26(44)45/h15-19,22-24,38,42H,5-14,34-35H2,1-4H3,(H,36,43)(H,37,39)(H,40,41)(H,44,45)/t15-,16+,17?,18+,19+,22-,23+,24-,30-,31?,32-,33-/m1/s1. The van der Waals surface area contributed by atoms with Gasteiger partial charge in [-0.25, -0.2) is 0 Å². The number of hydrogen-bond acceptors (Lipinski definition) is 13. The summed E-state index contributed by atoms with van der Waals surface area (Å²) in [7, 11) is 0. The minimum Gasteiger partial charge on any atom is -0.480 e. The first kappa shape index (κ1) is 37.4. The Morgan fingerprint density at radius 1 is 1.08 bits per heavy atom. The molecule has 3 saturated heterocycles. The summed E-state index contributed by atoms with van der Waals surface area (Å²) in [4.78, 5) is 63.2. The lowest BCUT2D eigenvalue weighted by Crippen LogP contribution is -2.88. The molecule has 0 aromatic carbocycles. The lowest BCUT2D eigenvalue weighted by Gasteiger charge is -2.77. The Hall–Kier alpha value is -2.38. The van der Waals surface area contributed by atoms with Crippen molar-refractivity contribution in [2.24, 2.45) is 45.5 Å². The molecule has 16 nitrogen and oxygen atoms in total. The maximum Gasteiger partial charge on any atom is 0.322 e. The average Bonchev–Trinajstić information content (AvgIpc) is 3.12. The van der Waals surface area contributed by atoms with Crippen LogP contribution in [-0.4, -0.2) is 122 Å². The van der Waals surface area contributed by atoms with Crippen LogP contribution >= 0.6 is 11.8 Å². The molecule has 0 aromatic rings. The molecule has 3 heterocycles. The van der Waals surface area contributed by atoms with Crippen LogP contribution in [0, 0.1) is 34.0 Å². The fraction of sp³-hybridized carbons (Fsp3) is 0.848. The highest BCUT2D eigenvalue weighted by atomic mass is 32.2. The number of aliphatic carboxylic acids is 2. The Kier molecular flexibility index (Phi) is 9.24. The van der Waals surface area contributed by atoms with Gasteiger partial charge < -0.3 is 56.7 Å². The SMILES string of the molecule is CC1(C)O[C@@H]2[C@H]3CC[C@H]4[C@@]56CO[C@@](O1)([C@@H](O)[C@@H]5C(C)(C)CC[C@@H]6O)[C@@]24C(=O)C3(N)CSCC(NC(=O)CC[C@H](N)C(=O)O)C(=O)NCC(=O)O. The summed E-state index contributed by atoms with van der Waals surface area (Å²) in [6, 6.07) is -2.53. The summed E-state index contributed by atoms with van der Waals surface area (Å²) in [5.41, 5.74) is 8.28. The van der Waals surface area contributed by atoms with Crippen LogP contribution in [0.5, 0.6) is 0 Å². The predicted molar refractivity (Wildman–Crippen MR) is 175 cm³/mol. The molecule has 4 bridgehead atoms. The second kappa shape index (κ2) is 12.4. The molecule has 17 heteroatoms. The second-order valence-corrected chi connectivity index (χ2v) is 17.3. The zero-order valence-corrected chi connectivity index (χ0v) is 29.6. The smallest absolute Gasteiger partial charge is 0.322 e. The highest BCUT2D eigenvalue weighted by Crippen LogP contribution is 2.79. The minimum atomic E-state index is -1.78. The fourth-order valence-electron chi connectivity index (χ4n) is 10.8. The Balaban J connectivity index is 1.30. The van der Waals surface area contributed by atoms with Gasteiger partial charge in [0.15, 0.2) is 11.6 Å². The number of nitrogens with one attached hydrogen (secondary N) is 2. The number of carboxylic acid groups (broad SMARTS) is 2. The van der Waals surface area contributed by atoms with Crippen molar-refractivity contribution in [3.63, 3.8) is 0 Å². The maximum absolute atomic E-state index is 15.3. The number of amides is 2. The molecule has 4 saturated carbocycles. The van der Waals surface area contributed by atoms with Crippen LogP contribution in [0.1, 0.15) is 66.2 Å². The zero-order chi connectivity index (χ0) is 36.8. The largest absolute Gasteiger partial charge is 0.480 e. The van der Waals surface area contributed by atoms with E-state index in [1.54, 1.807) is 13.8 Å². The van der Waals surface area contributed by atoms with Crippen LogP contribution in [-0.2, 0) is 38.2 Å². The minimum absolute atomic E-state index is 0.0234. The normalized spacial score (nSPS) is 42.8. The van der Waals surface area contributed by atoms with Crippen LogP contribution in [0.15, 0.2) is 0 Å². The highest BCUT2D eigenvalue weighted by Gasteiger charge is 2.92. The van der Waals surface area contributed by atoms with E-state index in [1.807, 2.05) is 0 Å². The molecule has 0 radical (unpaired) electrons. The molecule has 7 aliphatic rings. The number of aliphatic hydroxyl groups excluding tert-OH is 2.